The number of hydrogen-bond acceptors (Lipinski definition) is 3. The second-order valence-corrected chi connectivity index (χ2v) is 5.29. The van der Waals surface area contributed by atoms with Crippen LogP contribution in [0.25, 0.3) is 0 Å². The van der Waals surface area contributed by atoms with Crippen LogP contribution in [0.1, 0.15) is 10.4 Å². The number of rotatable bonds is 3. The third kappa shape index (κ3) is 4.82. The van der Waals surface area contributed by atoms with Crippen molar-refractivity contribution in [3.63, 3.8) is 0 Å². The fourth-order valence-electron chi connectivity index (χ4n) is 1.56. The second-order valence-electron chi connectivity index (χ2n) is 4.37. The van der Waals surface area contributed by atoms with Gasteiger partial charge in [0.05, 0.1) is 5.56 Å². The molecule has 0 fully saturated rings. The smallest absolute Gasteiger partial charge is 0.423 e. The van der Waals surface area contributed by atoms with Crippen molar-refractivity contribution in [2.45, 2.75) is 6.18 Å². The third-order valence-corrected chi connectivity index (χ3v) is 3.19. The summed E-state index contributed by atoms with van der Waals surface area (Å²) in [5.41, 5.74) is 0.262. The number of benzene rings is 2. The Morgan fingerprint density at radius 2 is 1.52 bits per heavy atom. The van der Waals surface area contributed by atoms with Crippen LogP contribution >= 0.6 is 15.9 Å². The molecule has 1 amide bonds. The molecule has 0 saturated carbocycles. The van der Waals surface area contributed by atoms with E-state index in [-0.39, 0.29) is 11.4 Å². The predicted octanol–water partition coefficient (Wildman–Crippen LogP) is 4.17. The van der Waals surface area contributed by atoms with Gasteiger partial charge in [-0.2, -0.15) is 13.2 Å². The van der Waals surface area contributed by atoms with E-state index in [2.05, 4.69) is 15.9 Å². The molecule has 0 radical (unpaired) electrons. The lowest BCUT2D eigenvalue weighted by atomic mass is 10.2. The Kier molecular flexibility index (Phi) is 5.05. The zero-order valence-electron chi connectivity index (χ0n) is 11.4. The third-order valence-electron chi connectivity index (χ3n) is 2.66. The van der Waals surface area contributed by atoms with Crippen LogP contribution in [-0.2, 0) is 4.79 Å². The van der Waals surface area contributed by atoms with Crippen LogP contribution in [0.15, 0.2) is 53.0 Å². The highest BCUT2D eigenvalue weighted by Gasteiger charge is 2.38. The maximum Gasteiger partial charge on any atom is 0.471 e. The standard InChI is InChI=1S/C15H9BrF3NO3/c16-10-3-1-9(2-4-10)13(21)23-12-7-5-11(6-8-12)20-14(22)15(17,18)19/h1-8H,(H,20,22). The number of amides is 1. The van der Waals surface area contributed by atoms with Crippen LogP contribution < -0.4 is 10.1 Å². The Morgan fingerprint density at radius 1 is 0.957 bits per heavy atom. The van der Waals surface area contributed by atoms with Crippen molar-refractivity contribution < 1.29 is 27.5 Å². The van der Waals surface area contributed by atoms with Crippen LogP contribution in [0.2, 0.25) is 0 Å². The lowest BCUT2D eigenvalue weighted by Gasteiger charge is -2.09. The van der Waals surface area contributed by atoms with Gasteiger partial charge in [0.25, 0.3) is 0 Å². The van der Waals surface area contributed by atoms with Crippen molar-refractivity contribution in [3.8, 4) is 5.75 Å². The molecule has 0 aromatic heterocycles. The normalized spacial score (nSPS) is 11.0. The van der Waals surface area contributed by atoms with E-state index in [4.69, 9.17) is 4.74 Å². The Morgan fingerprint density at radius 3 is 2.04 bits per heavy atom. The summed E-state index contributed by atoms with van der Waals surface area (Å²) in [4.78, 5) is 22.6. The van der Waals surface area contributed by atoms with E-state index in [9.17, 15) is 22.8 Å². The number of carbonyl (C=O) groups excluding carboxylic acids is 2. The van der Waals surface area contributed by atoms with Gasteiger partial charge in [0.15, 0.2) is 0 Å². The minimum absolute atomic E-state index is 0.0595. The number of ether oxygens (including phenoxy) is 1. The Labute approximate surface area is 137 Å². The van der Waals surface area contributed by atoms with Crippen molar-refractivity contribution in [2.24, 2.45) is 0 Å². The molecular weight excluding hydrogens is 379 g/mol. The maximum absolute atomic E-state index is 12.1. The molecule has 1 N–H and O–H groups in total. The van der Waals surface area contributed by atoms with Gasteiger partial charge in [-0.05, 0) is 48.5 Å². The van der Waals surface area contributed by atoms with Crippen molar-refractivity contribution in [1.29, 1.82) is 0 Å². The molecule has 23 heavy (non-hydrogen) atoms. The summed E-state index contributed by atoms with van der Waals surface area (Å²) >= 11 is 3.24. The van der Waals surface area contributed by atoms with Gasteiger partial charge < -0.3 is 10.1 Å². The Bertz CT molecular complexity index is 712. The molecule has 0 unspecified atom stereocenters. The summed E-state index contributed by atoms with van der Waals surface area (Å²) in [7, 11) is 0. The Hall–Kier alpha value is -2.35. The average molecular weight is 388 g/mol. The minimum Gasteiger partial charge on any atom is -0.423 e. The number of anilines is 1. The van der Waals surface area contributed by atoms with Gasteiger partial charge in [0.1, 0.15) is 5.75 Å². The molecule has 0 heterocycles. The van der Waals surface area contributed by atoms with Crippen LogP contribution in [0.3, 0.4) is 0 Å². The molecule has 2 rings (SSSR count). The van der Waals surface area contributed by atoms with E-state index < -0.39 is 18.1 Å². The van der Waals surface area contributed by atoms with Crippen LogP contribution in [0, 0.1) is 0 Å². The topological polar surface area (TPSA) is 55.4 Å². The molecule has 120 valence electrons. The van der Waals surface area contributed by atoms with E-state index in [0.29, 0.717) is 5.56 Å². The van der Waals surface area contributed by atoms with E-state index in [1.54, 1.807) is 29.6 Å². The van der Waals surface area contributed by atoms with Crippen molar-refractivity contribution in [1.82, 2.24) is 0 Å². The van der Waals surface area contributed by atoms with Crippen molar-refractivity contribution in [2.75, 3.05) is 5.32 Å². The molecule has 4 nitrogen and oxygen atoms in total. The number of halogens is 4. The predicted molar refractivity (Wildman–Crippen MR) is 80.2 cm³/mol. The zero-order chi connectivity index (χ0) is 17.0. The average Bonchev–Trinajstić information content (AvgIpc) is 2.49. The zero-order valence-corrected chi connectivity index (χ0v) is 12.9. The fraction of sp³-hybridized carbons (Fsp3) is 0.0667. The van der Waals surface area contributed by atoms with Crippen LogP contribution in [0.4, 0.5) is 18.9 Å². The van der Waals surface area contributed by atoms with Gasteiger partial charge in [-0.3, -0.25) is 4.79 Å². The molecule has 0 spiro atoms. The van der Waals surface area contributed by atoms with Gasteiger partial charge >= 0.3 is 18.1 Å². The summed E-state index contributed by atoms with van der Waals surface area (Å²) in [6, 6.07) is 11.4. The molecule has 0 bridgehead atoms. The van der Waals surface area contributed by atoms with Gasteiger partial charge in [0, 0.05) is 10.2 Å². The number of carbonyl (C=O) groups is 2. The highest BCUT2D eigenvalue weighted by atomic mass is 79.9. The molecule has 0 aliphatic heterocycles. The monoisotopic (exact) mass is 387 g/mol. The van der Waals surface area contributed by atoms with Gasteiger partial charge in [-0.25, -0.2) is 4.79 Å². The first-order chi connectivity index (χ1) is 10.8. The summed E-state index contributed by atoms with van der Waals surface area (Å²) in [6.45, 7) is 0. The number of nitrogens with one attached hydrogen (secondary N) is 1. The number of esters is 1. The van der Waals surface area contributed by atoms with E-state index in [1.165, 1.54) is 24.3 Å². The van der Waals surface area contributed by atoms with Gasteiger partial charge in [-0.15, -0.1) is 0 Å². The van der Waals surface area contributed by atoms with Gasteiger partial charge in [0.2, 0.25) is 0 Å². The largest absolute Gasteiger partial charge is 0.471 e. The minimum atomic E-state index is -4.97. The number of hydrogen-bond donors (Lipinski definition) is 1. The van der Waals surface area contributed by atoms with E-state index in [0.717, 1.165) is 4.47 Å². The van der Waals surface area contributed by atoms with E-state index in [1.807, 2.05) is 0 Å². The summed E-state index contributed by atoms with van der Waals surface area (Å²) < 4.78 is 42.2. The first-order valence-electron chi connectivity index (χ1n) is 6.22. The van der Waals surface area contributed by atoms with Crippen LogP contribution in [-0.4, -0.2) is 18.1 Å². The maximum atomic E-state index is 12.1. The molecule has 2 aromatic carbocycles. The fourth-order valence-corrected chi connectivity index (χ4v) is 1.82. The molecule has 0 atom stereocenters. The lowest BCUT2D eigenvalue weighted by molar-refractivity contribution is -0.167. The van der Waals surface area contributed by atoms with Crippen LogP contribution in [0.5, 0.6) is 5.75 Å². The highest BCUT2D eigenvalue weighted by molar-refractivity contribution is 9.10. The van der Waals surface area contributed by atoms with Gasteiger partial charge in [-0.1, -0.05) is 15.9 Å². The Balaban J connectivity index is 2.01. The lowest BCUT2D eigenvalue weighted by Crippen LogP contribution is -2.29. The first-order valence-corrected chi connectivity index (χ1v) is 7.01. The molecular formula is C15H9BrF3NO3. The van der Waals surface area contributed by atoms with Crippen molar-refractivity contribution in [3.05, 3.63) is 58.6 Å². The molecule has 0 saturated heterocycles. The molecule has 8 heteroatoms. The molecule has 0 aliphatic carbocycles. The summed E-state index contributed by atoms with van der Waals surface area (Å²) in [5.74, 6) is -2.54. The first kappa shape index (κ1) is 17.0. The summed E-state index contributed by atoms with van der Waals surface area (Å²) in [6.07, 6.45) is -4.97. The quantitative estimate of drug-likeness (QED) is 0.635. The van der Waals surface area contributed by atoms with E-state index >= 15 is 0 Å². The highest BCUT2D eigenvalue weighted by Crippen LogP contribution is 2.21. The SMILES string of the molecule is O=C(Oc1ccc(NC(=O)C(F)(F)F)cc1)c1ccc(Br)cc1. The second kappa shape index (κ2) is 6.82. The molecule has 2 aromatic rings. The van der Waals surface area contributed by atoms with Crippen molar-refractivity contribution >= 4 is 33.5 Å². The number of alkyl halides is 3. The molecule has 0 aliphatic rings. The summed E-state index contributed by atoms with van der Waals surface area (Å²) in [5, 5.41) is 1.69.